The molecule has 1 aromatic heterocycles. The second kappa shape index (κ2) is 4.80. The Morgan fingerprint density at radius 2 is 2.31 bits per heavy atom. The molecule has 1 N–H and O–H groups in total. The molecule has 0 aromatic carbocycles. The SMILES string of the molecule is COc1cc(C2CNCCN2C)cc(C)n1. The van der Waals surface area contributed by atoms with Crippen LogP contribution in [0.1, 0.15) is 17.3 Å². The number of nitrogens with zero attached hydrogens (tertiary/aromatic N) is 2. The first-order valence-corrected chi connectivity index (χ1v) is 5.64. The molecule has 1 unspecified atom stereocenters. The number of aromatic nitrogens is 1. The van der Waals surface area contributed by atoms with Crippen LogP contribution >= 0.6 is 0 Å². The van der Waals surface area contributed by atoms with Gasteiger partial charge in [0.2, 0.25) is 5.88 Å². The Bertz CT molecular complexity index is 367. The van der Waals surface area contributed by atoms with Crippen LogP contribution in [0.5, 0.6) is 5.88 Å². The van der Waals surface area contributed by atoms with E-state index in [1.807, 2.05) is 13.0 Å². The van der Waals surface area contributed by atoms with Crippen LogP contribution in [-0.2, 0) is 0 Å². The highest BCUT2D eigenvalue weighted by Gasteiger charge is 2.21. The molecule has 1 atom stereocenters. The van der Waals surface area contributed by atoms with Crippen molar-refractivity contribution in [2.45, 2.75) is 13.0 Å². The van der Waals surface area contributed by atoms with Gasteiger partial charge in [-0.25, -0.2) is 4.98 Å². The maximum Gasteiger partial charge on any atom is 0.213 e. The van der Waals surface area contributed by atoms with E-state index in [0.717, 1.165) is 25.3 Å². The number of hydrogen-bond donors (Lipinski definition) is 1. The van der Waals surface area contributed by atoms with E-state index in [-0.39, 0.29) is 0 Å². The summed E-state index contributed by atoms with van der Waals surface area (Å²) in [7, 11) is 3.82. The van der Waals surface area contributed by atoms with Gasteiger partial charge in [0.25, 0.3) is 0 Å². The third-order valence-electron chi connectivity index (χ3n) is 3.06. The lowest BCUT2D eigenvalue weighted by molar-refractivity contribution is 0.201. The van der Waals surface area contributed by atoms with Crippen LogP contribution in [0.25, 0.3) is 0 Å². The molecule has 1 fully saturated rings. The van der Waals surface area contributed by atoms with Crippen LogP contribution in [-0.4, -0.2) is 43.7 Å². The largest absolute Gasteiger partial charge is 0.481 e. The number of nitrogens with one attached hydrogen (secondary N) is 1. The highest BCUT2D eigenvalue weighted by molar-refractivity contribution is 5.28. The zero-order chi connectivity index (χ0) is 11.5. The molecule has 1 aliphatic rings. The van der Waals surface area contributed by atoms with Crippen molar-refractivity contribution in [2.24, 2.45) is 0 Å². The van der Waals surface area contributed by atoms with Crippen molar-refractivity contribution in [1.29, 1.82) is 0 Å². The Labute approximate surface area is 96.6 Å². The van der Waals surface area contributed by atoms with E-state index < -0.39 is 0 Å². The maximum absolute atomic E-state index is 5.21. The third kappa shape index (κ3) is 2.33. The van der Waals surface area contributed by atoms with Gasteiger partial charge in [-0.2, -0.15) is 0 Å². The van der Waals surface area contributed by atoms with Crippen LogP contribution < -0.4 is 10.1 Å². The first-order chi connectivity index (χ1) is 7.70. The molecule has 1 saturated heterocycles. The fourth-order valence-corrected chi connectivity index (χ4v) is 2.14. The molecule has 2 heterocycles. The molecule has 88 valence electrons. The van der Waals surface area contributed by atoms with E-state index in [2.05, 4.69) is 28.3 Å². The summed E-state index contributed by atoms with van der Waals surface area (Å²) in [6.07, 6.45) is 0. The summed E-state index contributed by atoms with van der Waals surface area (Å²) < 4.78 is 5.21. The summed E-state index contributed by atoms with van der Waals surface area (Å²) in [5, 5.41) is 3.42. The highest BCUT2D eigenvalue weighted by atomic mass is 16.5. The standard InChI is InChI=1S/C12H19N3O/c1-9-6-10(7-12(14-9)16-3)11-8-13-4-5-15(11)2/h6-7,11,13H,4-5,8H2,1-3H3. The lowest BCUT2D eigenvalue weighted by Gasteiger charge is -2.33. The molecule has 0 spiro atoms. The molecule has 0 saturated carbocycles. The predicted octanol–water partition coefficient (Wildman–Crippen LogP) is 0.975. The van der Waals surface area contributed by atoms with Gasteiger partial charge in [0.15, 0.2) is 0 Å². The van der Waals surface area contributed by atoms with Gasteiger partial charge in [-0.15, -0.1) is 0 Å². The van der Waals surface area contributed by atoms with Crippen LogP contribution in [0.3, 0.4) is 0 Å². The van der Waals surface area contributed by atoms with E-state index in [1.54, 1.807) is 7.11 Å². The second-order valence-electron chi connectivity index (χ2n) is 4.28. The third-order valence-corrected chi connectivity index (χ3v) is 3.06. The molecular formula is C12H19N3O. The number of ether oxygens (including phenoxy) is 1. The highest BCUT2D eigenvalue weighted by Crippen LogP contribution is 2.23. The normalized spacial score (nSPS) is 22.1. The summed E-state index contributed by atoms with van der Waals surface area (Å²) in [6.45, 7) is 5.13. The molecule has 0 radical (unpaired) electrons. The van der Waals surface area contributed by atoms with Crippen molar-refractivity contribution in [3.63, 3.8) is 0 Å². The van der Waals surface area contributed by atoms with Crippen molar-refractivity contribution in [3.05, 3.63) is 23.4 Å². The lowest BCUT2D eigenvalue weighted by atomic mass is 10.0. The minimum atomic E-state index is 0.421. The van der Waals surface area contributed by atoms with E-state index >= 15 is 0 Å². The Kier molecular flexibility index (Phi) is 3.41. The van der Waals surface area contributed by atoms with Gasteiger partial charge in [-0.05, 0) is 25.6 Å². The fraction of sp³-hybridized carbons (Fsp3) is 0.583. The summed E-state index contributed by atoms with van der Waals surface area (Å²) >= 11 is 0. The molecule has 4 heteroatoms. The van der Waals surface area contributed by atoms with Crippen LogP contribution in [0.15, 0.2) is 12.1 Å². The van der Waals surface area contributed by atoms with E-state index in [0.29, 0.717) is 11.9 Å². The molecule has 0 bridgehead atoms. The van der Waals surface area contributed by atoms with E-state index in [9.17, 15) is 0 Å². The summed E-state index contributed by atoms with van der Waals surface area (Å²) in [5.41, 5.74) is 2.28. The molecule has 1 aromatic rings. The molecule has 4 nitrogen and oxygen atoms in total. The van der Waals surface area contributed by atoms with E-state index in [4.69, 9.17) is 4.74 Å². The first kappa shape index (κ1) is 11.4. The van der Waals surface area contributed by atoms with E-state index in [1.165, 1.54) is 5.56 Å². The molecule has 0 amide bonds. The Morgan fingerprint density at radius 1 is 1.50 bits per heavy atom. The minimum absolute atomic E-state index is 0.421. The summed E-state index contributed by atoms with van der Waals surface area (Å²) in [5.74, 6) is 0.703. The van der Waals surface area contributed by atoms with Gasteiger partial charge in [0.05, 0.1) is 7.11 Å². The lowest BCUT2D eigenvalue weighted by Crippen LogP contribution is -2.43. The van der Waals surface area contributed by atoms with Gasteiger partial charge in [-0.1, -0.05) is 0 Å². The second-order valence-corrected chi connectivity index (χ2v) is 4.28. The van der Waals surface area contributed by atoms with Crippen LogP contribution in [0.4, 0.5) is 0 Å². The van der Waals surface area contributed by atoms with Crippen LogP contribution in [0.2, 0.25) is 0 Å². The summed E-state index contributed by atoms with van der Waals surface area (Å²) in [4.78, 5) is 6.68. The number of likely N-dealkylation sites (N-methyl/N-ethyl adjacent to an activating group) is 1. The summed E-state index contributed by atoms with van der Waals surface area (Å²) in [6, 6.07) is 4.59. The zero-order valence-electron chi connectivity index (χ0n) is 10.2. The minimum Gasteiger partial charge on any atom is -0.481 e. The number of pyridine rings is 1. The van der Waals surface area contributed by atoms with Crippen molar-refractivity contribution in [3.8, 4) is 5.88 Å². The average Bonchev–Trinajstić information content (AvgIpc) is 2.28. The van der Waals surface area contributed by atoms with Crippen molar-refractivity contribution in [1.82, 2.24) is 15.2 Å². The Hall–Kier alpha value is -1.13. The number of hydrogen-bond acceptors (Lipinski definition) is 4. The van der Waals surface area contributed by atoms with Gasteiger partial charge >= 0.3 is 0 Å². The number of rotatable bonds is 2. The quantitative estimate of drug-likeness (QED) is 0.807. The predicted molar refractivity (Wildman–Crippen MR) is 63.8 cm³/mol. The van der Waals surface area contributed by atoms with Crippen molar-refractivity contribution < 1.29 is 4.74 Å². The molecule has 2 rings (SSSR count). The molecular weight excluding hydrogens is 202 g/mol. The monoisotopic (exact) mass is 221 g/mol. The Morgan fingerprint density at radius 3 is 3.00 bits per heavy atom. The number of aryl methyl sites for hydroxylation is 1. The molecule has 0 aliphatic carbocycles. The zero-order valence-corrected chi connectivity index (χ0v) is 10.2. The fourth-order valence-electron chi connectivity index (χ4n) is 2.14. The Balaban J connectivity index is 2.27. The van der Waals surface area contributed by atoms with Gasteiger partial charge in [0, 0.05) is 37.4 Å². The number of methoxy groups -OCH3 is 1. The maximum atomic E-state index is 5.21. The van der Waals surface area contributed by atoms with Crippen molar-refractivity contribution >= 4 is 0 Å². The van der Waals surface area contributed by atoms with Gasteiger partial charge in [-0.3, -0.25) is 4.90 Å². The van der Waals surface area contributed by atoms with Gasteiger partial charge < -0.3 is 10.1 Å². The smallest absolute Gasteiger partial charge is 0.213 e. The van der Waals surface area contributed by atoms with Crippen molar-refractivity contribution in [2.75, 3.05) is 33.8 Å². The molecule has 1 aliphatic heterocycles. The number of piperazine rings is 1. The topological polar surface area (TPSA) is 37.4 Å². The van der Waals surface area contributed by atoms with Gasteiger partial charge in [0.1, 0.15) is 0 Å². The molecule has 16 heavy (non-hydrogen) atoms. The average molecular weight is 221 g/mol. The van der Waals surface area contributed by atoms with Crippen LogP contribution in [0, 0.1) is 6.92 Å². The first-order valence-electron chi connectivity index (χ1n) is 5.64.